The number of benzene rings is 1. The van der Waals surface area contributed by atoms with Crippen molar-refractivity contribution in [3.63, 3.8) is 0 Å². The third-order valence-corrected chi connectivity index (χ3v) is 2.94. The van der Waals surface area contributed by atoms with Gasteiger partial charge in [-0.25, -0.2) is 0 Å². The maximum Gasteiger partial charge on any atom is 0.251 e. The molecule has 1 aromatic carbocycles. The fourth-order valence-corrected chi connectivity index (χ4v) is 1.82. The number of nitrogens with one attached hydrogen (secondary N) is 1. The van der Waals surface area contributed by atoms with Crippen molar-refractivity contribution in [2.45, 2.75) is 19.8 Å². The van der Waals surface area contributed by atoms with E-state index in [2.05, 4.69) is 5.32 Å². The van der Waals surface area contributed by atoms with Gasteiger partial charge in [-0.15, -0.1) is 0 Å². The lowest BCUT2D eigenvalue weighted by Gasteiger charge is -2.07. The molecule has 98 valence electrons. The van der Waals surface area contributed by atoms with Crippen LogP contribution in [0.2, 0.25) is 0 Å². The summed E-state index contributed by atoms with van der Waals surface area (Å²) in [6.45, 7) is 3.86. The van der Waals surface area contributed by atoms with Gasteiger partial charge in [-0.05, 0) is 49.4 Å². The molecule has 0 spiro atoms. The highest BCUT2D eigenvalue weighted by Gasteiger charge is 2.20. The Bertz CT molecular complexity index is 408. The molecule has 1 aromatic rings. The van der Waals surface area contributed by atoms with Crippen LogP contribution in [0.5, 0.6) is 0 Å². The smallest absolute Gasteiger partial charge is 0.251 e. The van der Waals surface area contributed by atoms with E-state index in [4.69, 9.17) is 10.5 Å². The van der Waals surface area contributed by atoms with Crippen molar-refractivity contribution in [3.8, 4) is 0 Å². The lowest BCUT2D eigenvalue weighted by atomic mass is 10.1. The Balaban J connectivity index is 1.72. The molecule has 0 bridgehead atoms. The Morgan fingerprint density at radius 3 is 2.89 bits per heavy atom. The number of rotatable bonds is 6. The summed E-state index contributed by atoms with van der Waals surface area (Å²) >= 11 is 0. The molecule has 0 saturated heterocycles. The predicted octanol–water partition coefficient (Wildman–Crippen LogP) is 1.73. The van der Waals surface area contributed by atoms with E-state index in [0.29, 0.717) is 24.4 Å². The molecule has 0 aliphatic heterocycles. The summed E-state index contributed by atoms with van der Waals surface area (Å²) in [6, 6.07) is 5.36. The van der Waals surface area contributed by atoms with Crippen LogP contribution in [-0.4, -0.2) is 25.7 Å². The number of carbonyl (C=O) groups excluding carboxylic acids is 1. The molecule has 2 rings (SSSR count). The van der Waals surface area contributed by atoms with Crippen molar-refractivity contribution in [1.82, 2.24) is 5.32 Å². The summed E-state index contributed by atoms with van der Waals surface area (Å²) in [7, 11) is 0. The average molecular weight is 248 g/mol. The second-order valence-corrected chi connectivity index (χ2v) is 4.91. The van der Waals surface area contributed by atoms with Crippen LogP contribution >= 0.6 is 0 Å². The molecule has 18 heavy (non-hydrogen) atoms. The van der Waals surface area contributed by atoms with Crippen molar-refractivity contribution in [2.75, 3.05) is 25.5 Å². The number of nitrogen functional groups attached to an aromatic ring is 1. The lowest BCUT2D eigenvalue weighted by molar-refractivity contribution is 0.0906. The number of aryl methyl sites for hydroxylation is 1. The Hall–Kier alpha value is -1.55. The van der Waals surface area contributed by atoms with E-state index in [9.17, 15) is 4.79 Å². The van der Waals surface area contributed by atoms with Crippen LogP contribution in [0.4, 0.5) is 5.69 Å². The third-order valence-electron chi connectivity index (χ3n) is 2.94. The van der Waals surface area contributed by atoms with Crippen LogP contribution in [-0.2, 0) is 4.74 Å². The Labute approximate surface area is 108 Å². The number of amides is 1. The normalized spacial score (nSPS) is 14.5. The molecule has 1 aliphatic rings. The number of anilines is 1. The molecule has 4 nitrogen and oxygen atoms in total. The van der Waals surface area contributed by atoms with Gasteiger partial charge in [0.2, 0.25) is 0 Å². The molecule has 1 fully saturated rings. The first-order valence-corrected chi connectivity index (χ1v) is 6.38. The first-order chi connectivity index (χ1) is 8.65. The highest BCUT2D eigenvalue weighted by atomic mass is 16.5. The lowest BCUT2D eigenvalue weighted by Crippen LogP contribution is -2.27. The van der Waals surface area contributed by atoms with Crippen molar-refractivity contribution in [1.29, 1.82) is 0 Å². The SMILES string of the molecule is Cc1cc(N)cc(C(=O)NCCOCC2CC2)c1. The molecule has 0 atom stereocenters. The van der Waals surface area contributed by atoms with Gasteiger partial charge in [0.15, 0.2) is 0 Å². The summed E-state index contributed by atoms with van der Waals surface area (Å²) < 4.78 is 5.45. The van der Waals surface area contributed by atoms with E-state index >= 15 is 0 Å². The standard InChI is InChI=1S/C14H20N2O2/c1-10-6-12(8-13(15)7-10)14(17)16-4-5-18-9-11-2-3-11/h6-8,11H,2-5,9,15H2,1H3,(H,16,17). The molecular formula is C14H20N2O2. The summed E-state index contributed by atoms with van der Waals surface area (Å²) in [4.78, 5) is 11.8. The monoisotopic (exact) mass is 248 g/mol. The number of hydrogen-bond acceptors (Lipinski definition) is 3. The van der Waals surface area contributed by atoms with Crippen molar-refractivity contribution >= 4 is 11.6 Å². The Kier molecular flexibility index (Phi) is 4.20. The maximum atomic E-state index is 11.8. The van der Waals surface area contributed by atoms with Gasteiger partial charge in [0.25, 0.3) is 5.91 Å². The van der Waals surface area contributed by atoms with Crippen LogP contribution < -0.4 is 11.1 Å². The highest BCUT2D eigenvalue weighted by Crippen LogP contribution is 2.28. The van der Waals surface area contributed by atoms with Crippen LogP contribution in [0.1, 0.15) is 28.8 Å². The van der Waals surface area contributed by atoms with Gasteiger partial charge in [-0.2, -0.15) is 0 Å². The zero-order chi connectivity index (χ0) is 13.0. The third kappa shape index (κ3) is 4.04. The number of carbonyl (C=O) groups is 1. The van der Waals surface area contributed by atoms with Gasteiger partial charge in [-0.3, -0.25) is 4.79 Å². The summed E-state index contributed by atoms with van der Waals surface area (Å²) in [6.07, 6.45) is 2.57. The fraction of sp³-hybridized carbons (Fsp3) is 0.500. The van der Waals surface area contributed by atoms with Crippen molar-refractivity contribution in [2.24, 2.45) is 5.92 Å². The highest BCUT2D eigenvalue weighted by molar-refractivity contribution is 5.95. The number of nitrogens with two attached hydrogens (primary N) is 1. The van der Waals surface area contributed by atoms with E-state index in [0.717, 1.165) is 18.1 Å². The second kappa shape index (κ2) is 5.87. The summed E-state index contributed by atoms with van der Waals surface area (Å²) in [5.74, 6) is 0.665. The van der Waals surface area contributed by atoms with Crippen LogP contribution in [0, 0.1) is 12.8 Å². The Morgan fingerprint density at radius 1 is 1.44 bits per heavy atom. The molecule has 0 heterocycles. The van der Waals surface area contributed by atoms with Gasteiger partial charge in [0.1, 0.15) is 0 Å². The first-order valence-electron chi connectivity index (χ1n) is 6.38. The zero-order valence-corrected chi connectivity index (χ0v) is 10.7. The molecule has 1 aliphatic carbocycles. The second-order valence-electron chi connectivity index (χ2n) is 4.91. The topological polar surface area (TPSA) is 64.4 Å². The van der Waals surface area contributed by atoms with Crippen molar-refractivity contribution < 1.29 is 9.53 Å². The first kappa shape index (κ1) is 12.9. The predicted molar refractivity (Wildman–Crippen MR) is 71.5 cm³/mol. The van der Waals surface area contributed by atoms with Crippen LogP contribution in [0.15, 0.2) is 18.2 Å². The van der Waals surface area contributed by atoms with Gasteiger partial charge in [0.05, 0.1) is 6.61 Å². The number of hydrogen-bond donors (Lipinski definition) is 2. The van der Waals surface area contributed by atoms with E-state index in [1.807, 2.05) is 19.1 Å². The molecule has 0 radical (unpaired) electrons. The minimum atomic E-state index is -0.0968. The van der Waals surface area contributed by atoms with Gasteiger partial charge in [0, 0.05) is 24.4 Å². The molecule has 3 N–H and O–H groups in total. The van der Waals surface area contributed by atoms with E-state index < -0.39 is 0 Å². The van der Waals surface area contributed by atoms with Gasteiger partial charge >= 0.3 is 0 Å². The molecule has 0 aromatic heterocycles. The molecule has 0 unspecified atom stereocenters. The fourth-order valence-electron chi connectivity index (χ4n) is 1.82. The van der Waals surface area contributed by atoms with E-state index in [1.54, 1.807) is 6.07 Å². The summed E-state index contributed by atoms with van der Waals surface area (Å²) in [5, 5.41) is 2.83. The minimum Gasteiger partial charge on any atom is -0.399 e. The van der Waals surface area contributed by atoms with Crippen LogP contribution in [0.25, 0.3) is 0 Å². The van der Waals surface area contributed by atoms with E-state index in [1.165, 1.54) is 12.8 Å². The molecular weight excluding hydrogens is 228 g/mol. The van der Waals surface area contributed by atoms with Gasteiger partial charge in [-0.1, -0.05) is 0 Å². The Morgan fingerprint density at radius 2 is 2.22 bits per heavy atom. The molecule has 4 heteroatoms. The number of ether oxygens (including phenoxy) is 1. The zero-order valence-electron chi connectivity index (χ0n) is 10.7. The molecule has 1 amide bonds. The van der Waals surface area contributed by atoms with Crippen LogP contribution in [0.3, 0.4) is 0 Å². The maximum absolute atomic E-state index is 11.8. The largest absolute Gasteiger partial charge is 0.399 e. The quantitative estimate of drug-likeness (QED) is 0.595. The average Bonchev–Trinajstić information content (AvgIpc) is 3.11. The van der Waals surface area contributed by atoms with Crippen molar-refractivity contribution in [3.05, 3.63) is 29.3 Å². The van der Waals surface area contributed by atoms with E-state index in [-0.39, 0.29) is 5.91 Å². The summed E-state index contributed by atoms with van der Waals surface area (Å²) in [5.41, 5.74) is 7.92. The molecule has 1 saturated carbocycles. The minimum absolute atomic E-state index is 0.0968. The van der Waals surface area contributed by atoms with Gasteiger partial charge < -0.3 is 15.8 Å².